The van der Waals surface area contributed by atoms with Crippen molar-refractivity contribution in [3.63, 3.8) is 0 Å². The van der Waals surface area contributed by atoms with Crippen molar-refractivity contribution in [3.8, 4) is 0 Å². The Morgan fingerprint density at radius 1 is 1.47 bits per heavy atom. The van der Waals surface area contributed by atoms with Crippen LogP contribution in [0.5, 0.6) is 0 Å². The van der Waals surface area contributed by atoms with E-state index >= 15 is 0 Å². The first-order valence-electron chi connectivity index (χ1n) is 5.75. The first-order chi connectivity index (χ1) is 8.26. The first-order valence-corrected chi connectivity index (χ1v) is 6.74. The molecule has 0 amide bonds. The Kier molecular flexibility index (Phi) is 6.74. The SMILES string of the molecule is CCNCc1cccc(SCCC(=O)OC)c1. The highest BCUT2D eigenvalue weighted by Crippen LogP contribution is 2.20. The summed E-state index contributed by atoms with van der Waals surface area (Å²) >= 11 is 1.68. The summed E-state index contributed by atoms with van der Waals surface area (Å²) in [5, 5.41) is 3.29. The lowest BCUT2D eigenvalue weighted by Crippen LogP contribution is -2.11. The molecule has 1 N–H and O–H groups in total. The summed E-state index contributed by atoms with van der Waals surface area (Å²) in [6.45, 7) is 3.95. The van der Waals surface area contributed by atoms with Crippen molar-refractivity contribution in [2.45, 2.75) is 24.8 Å². The maximum atomic E-state index is 11.0. The fourth-order valence-electron chi connectivity index (χ4n) is 1.37. The molecule has 94 valence electrons. The van der Waals surface area contributed by atoms with Crippen molar-refractivity contribution < 1.29 is 9.53 Å². The van der Waals surface area contributed by atoms with Gasteiger partial charge >= 0.3 is 5.97 Å². The summed E-state index contributed by atoms with van der Waals surface area (Å²) in [6.07, 6.45) is 0.457. The van der Waals surface area contributed by atoms with Gasteiger partial charge in [-0.15, -0.1) is 11.8 Å². The van der Waals surface area contributed by atoms with E-state index in [1.54, 1.807) is 11.8 Å². The molecule has 0 radical (unpaired) electrons. The van der Waals surface area contributed by atoms with Gasteiger partial charge in [-0.2, -0.15) is 0 Å². The summed E-state index contributed by atoms with van der Waals surface area (Å²) < 4.78 is 4.60. The summed E-state index contributed by atoms with van der Waals surface area (Å²) in [5.74, 6) is 0.610. The molecule has 0 aliphatic rings. The van der Waals surface area contributed by atoms with E-state index in [1.165, 1.54) is 17.6 Å². The van der Waals surface area contributed by atoms with E-state index in [-0.39, 0.29) is 5.97 Å². The van der Waals surface area contributed by atoms with Crippen molar-refractivity contribution in [2.75, 3.05) is 19.4 Å². The number of carbonyl (C=O) groups excluding carboxylic acids is 1. The number of nitrogens with one attached hydrogen (secondary N) is 1. The molecule has 0 fully saturated rings. The van der Waals surface area contributed by atoms with Crippen molar-refractivity contribution in [3.05, 3.63) is 29.8 Å². The second-order valence-electron chi connectivity index (χ2n) is 3.60. The van der Waals surface area contributed by atoms with Crippen LogP contribution in [0.1, 0.15) is 18.9 Å². The van der Waals surface area contributed by atoms with Crippen molar-refractivity contribution >= 4 is 17.7 Å². The van der Waals surface area contributed by atoms with Crippen molar-refractivity contribution in [2.24, 2.45) is 0 Å². The lowest BCUT2D eigenvalue weighted by Gasteiger charge is -2.05. The summed E-state index contributed by atoms with van der Waals surface area (Å²) in [6, 6.07) is 8.38. The highest BCUT2D eigenvalue weighted by Gasteiger charge is 2.01. The molecule has 1 rings (SSSR count). The Morgan fingerprint density at radius 2 is 2.29 bits per heavy atom. The van der Waals surface area contributed by atoms with Gasteiger partial charge in [-0.05, 0) is 24.2 Å². The molecular formula is C13H19NO2S. The molecule has 0 spiro atoms. The van der Waals surface area contributed by atoms with Gasteiger partial charge in [-0.25, -0.2) is 0 Å². The van der Waals surface area contributed by atoms with E-state index in [9.17, 15) is 4.79 Å². The van der Waals surface area contributed by atoms with Crippen LogP contribution in [0.4, 0.5) is 0 Å². The minimum Gasteiger partial charge on any atom is -0.469 e. The lowest BCUT2D eigenvalue weighted by molar-refractivity contribution is -0.140. The normalized spacial score (nSPS) is 10.2. The lowest BCUT2D eigenvalue weighted by atomic mass is 10.2. The molecule has 0 aliphatic carbocycles. The van der Waals surface area contributed by atoms with Crippen LogP contribution in [-0.4, -0.2) is 25.4 Å². The van der Waals surface area contributed by atoms with Crippen LogP contribution in [0.3, 0.4) is 0 Å². The van der Waals surface area contributed by atoms with Crippen LogP contribution in [0.25, 0.3) is 0 Å². The summed E-state index contributed by atoms with van der Waals surface area (Å²) in [4.78, 5) is 12.2. The third-order valence-corrected chi connectivity index (χ3v) is 3.28. The minimum atomic E-state index is -0.152. The third kappa shape index (κ3) is 5.75. The topological polar surface area (TPSA) is 38.3 Å². The molecule has 17 heavy (non-hydrogen) atoms. The molecule has 1 aromatic rings. The van der Waals surface area contributed by atoms with Gasteiger partial charge in [0.05, 0.1) is 13.5 Å². The molecule has 0 heterocycles. The Morgan fingerprint density at radius 3 is 3.00 bits per heavy atom. The maximum absolute atomic E-state index is 11.0. The number of rotatable bonds is 7. The number of hydrogen-bond acceptors (Lipinski definition) is 4. The molecule has 0 aromatic heterocycles. The second-order valence-corrected chi connectivity index (χ2v) is 4.77. The molecule has 4 heteroatoms. The number of ether oxygens (including phenoxy) is 1. The zero-order valence-electron chi connectivity index (χ0n) is 10.4. The molecule has 0 saturated carbocycles. The van der Waals surface area contributed by atoms with E-state index < -0.39 is 0 Å². The number of benzene rings is 1. The van der Waals surface area contributed by atoms with Crippen LogP contribution in [0.15, 0.2) is 29.2 Å². The summed E-state index contributed by atoms with van der Waals surface area (Å²) in [5.41, 5.74) is 1.27. The highest BCUT2D eigenvalue weighted by molar-refractivity contribution is 7.99. The van der Waals surface area contributed by atoms with E-state index in [1.807, 2.05) is 6.07 Å². The van der Waals surface area contributed by atoms with E-state index in [0.29, 0.717) is 6.42 Å². The Bertz CT molecular complexity index is 355. The molecule has 0 unspecified atom stereocenters. The van der Waals surface area contributed by atoms with Gasteiger partial charge in [0, 0.05) is 17.2 Å². The van der Waals surface area contributed by atoms with Gasteiger partial charge in [-0.3, -0.25) is 4.79 Å². The van der Waals surface area contributed by atoms with Crippen molar-refractivity contribution in [1.82, 2.24) is 5.32 Å². The Balaban J connectivity index is 2.40. The zero-order valence-corrected chi connectivity index (χ0v) is 11.2. The average molecular weight is 253 g/mol. The van der Waals surface area contributed by atoms with Gasteiger partial charge in [0.25, 0.3) is 0 Å². The molecular weight excluding hydrogens is 234 g/mol. The van der Waals surface area contributed by atoms with E-state index in [4.69, 9.17) is 0 Å². The molecule has 0 aliphatic heterocycles. The predicted octanol–water partition coefficient (Wildman–Crippen LogP) is 2.45. The predicted molar refractivity (Wildman–Crippen MR) is 71.2 cm³/mol. The van der Waals surface area contributed by atoms with Gasteiger partial charge in [0.15, 0.2) is 0 Å². The van der Waals surface area contributed by atoms with E-state index in [2.05, 4.69) is 35.2 Å². The number of thioether (sulfide) groups is 1. The van der Waals surface area contributed by atoms with Crippen LogP contribution < -0.4 is 5.32 Å². The molecule has 0 saturated heterocycles. The van der Waals surface area contributed by atoms with Gasteiger partial charge < -0.3 is 10.1 Å². The summed E-state index contributed by atoms with van der Waals surface area (Å²) in [7, 11) is 1.42. The quantitative estimate of drug-likeness (QED) is 0.598. The van der Waals surface area contributed by atoms with Gasteiger partial charge in [0.1, 0.15) is 0 Å². The number of esters is 1. The van der Waals surface area contributed by atoms with Gasteiger partial charge in [0.2, 0.25) is 0 Å². The smallest absolute Gasteiger partial charge is 0.306 e. The first kappa shape index (κ1) is 14.1. The standard InChI is InChI=1S/C13H19NO2S/c1-3-14-10-11-5-4-6-12(9-11)17-8-7-13(15)16-2/h4-6,9,14H,3,7-8,10H2,1-2H3. The van der Waals surface area contributed by atoms with E-state index in [0.717, 1.165) is 18.8 Å². The number of methoxy groups -OCH3 is 1. The Labute approximate surface area is 107 Å². The fraction of sp³-hybridized carbons (Fsp3) is 0.462. The monoisotopic (exact) mass is 253 g/mol. The van der Waals surface area contributed by atoms with Crippen LogP contribution >= 0.6 is 11.8 Å². The number of carbonyl (C=O) groups is 1. The highest BCUT2D eigenvalue weighted by atomic mass is 32.2. The number of hydrogen-bond donors (Lipinski definition) is 1. The average Bonchev–Trinajstić information content (AvgIpc) is 2.36. The third-order valence-electron chi connectivity index (χ3n) is 2.28. The Hall–Kier alpha value is -1.00. The molecule has 3 nitrogen and oxygen atoms in total. The fourth-order valence-corrected chi connectivity index (χ4v) is 2.28. The van der Waals surface area contributed by atoms with Crippen LogP contribution in [0, 0.1) is 0 Å². The molecule has 0 atom stereocenters. The second kappa shape index (κ2) is 8.14. The zero-order chi connectivity index (χ0) is 12.5. The van der Waals surface area contributed by atoms with Crippen molar-refractivity contribution in [1.29, 1.82) is 0 Å². The molecule has 0 bridgehead atoms. The minimum absolute atomic E-state index is 0.152. The molecule has 1 aromatic carbocycles. The van der Waals surface area contributed by atoms with Crippen LogP contribution in [-0.2, 0) is 16.1 Å². The maximum Gasteiger partial charge on any atom is 0.306 e. The van der Waals surface area contributed by atoms with Crippen LogP contribution in [0.2, 0.25) is 0 Å². The van der Waals surface area contributed by atoms with Gasteiger partial charge in [-0.1, -0.05) is 19.1 Å². The largest absolute Gasteiger partial charge is 0.469 e.